The number of likely N-dealkylation sites (N-methyl/N-ethyl adjacent to an activating group) is 1. The first-order chi connectivity index (χ1) is 9.38. The highest BCUT2D eigenvalue weighted by Gasteiger charge is 2.14. The van der Waals surface area contributed by atoms with Crippen molar-refractivity contribution in [1.29, 1.82) is 0 Å². The Morgan fingerprint density at radius 1 is 1.45 bits per heavy atom. The van der Waals surface area contributed by atoms with Crippen molar-refractivity contribution in [1.82, 2.24) is 24.5 Å². The summed E-state index contributed by atoms with van der Waals surface area (Å²) in [6.07, 6.45) is 1.79. The Balaban J connectivity index is 2.02. The molecule has 2 heterocycles. The van der Waals surface area contributed by atoms with E-state index in [2.05, 4.69) is 10.2 Å². The maximum Gasteiger partial charge on any atom is 0.244 e. The van der Waals surface area contributed by atoms with E-state index in [-0.39, 0.29) is 12.5 Å². The van der Waals surface area contributed by atoms with E-state index in [1.165, 1.54) is 0 Å². The molecule has 7 heteroatoms. The highest BCUT2D eigenvalue weighted by Crippen LogP contribution is 2.10. The molecule has 2 N–H and O–H groups in total. The lowest BCUT2D eigenvalue weighted by atomic mass is 10.2. The Morgan fingerprint density at radius 3 is 2.65 bits per heavy atom. The van der Waals surface area contributed by atoms with Crippen LogP contribution in [0.3, 0.4) is 0 Å². The maximum atomic E-state index is 12.2. The first-order valence-corrected chi connectivity index (χ1v) is 6.40. The maximum absolute atomic E-state index is 12.2. The van der Waals surface area contributed by atoms with Crippen LogP contribution >= 0.6 is 0 Å². The molecule has 0 radical (unpaired) electrons. The molecule has 0 aliphatic carbocycles. The molecule has 108 valence electrons. The molecule has 2 aromatic rings. The SMILES string of the molecule is Cc1c(CN(C)C(=O)Cn2nc(N)cc2C)cnn1C. The van der Waals surface area contributed by atoms with Crippen LogP contribution in [0, 0.1) is 13.8 Å². The number of carbonyl (C=O) groups excluding carboxylic acids is 1. The topological polar surface area (TPSA) is 82.0 Å². The van der Waals surface area contributed by atoms with E-state index >= 15 is 0 Å². The van der Waals surface area contributed by atoms with Crippen molar-refractivity contribution in [2.75, 3.05) is 12.8 Å². The standard InChI is InChI=1S/C13H20N6O/c1-9-5-12(14)16-19(9)8-13(20)17(3)7-11-6-15-18(4)10(11)2/h5-6H,7-8H2,1-4H3,(H2,14,16). The molecule has 0 atom stereocenters. The fourth-order valence-corrected chi connectivity index (χ4v) is 1.99. The Kier molecular flexibility index (Phi) is 3.78. The first-order valence-electron chi connectivity index (χ1n) is 6.40. The van der Waals surface area contributed by atoms with Gasteiger partial charge in [-0.05, 0) is 13.8 Å². The fourth-order valence-electron chi connectivity index (χ4n) is 1.99. The molecule has 0 spiro atoms. The van der Waals surface area contributed by atoms with Gasteiger partial charge in [-0.2, -0.15) is 10.2 Å². The van der Waals surface area contributed by atoms with E-state index < -0.39 is 0 Å². The molecule has 0 saturated carbocycles. The first kappa shape index (κ1) is 14.1. The normalized spacial score (nSPS) is 10.8. The monoisotopic (exact) mass is 276 g/mol. The van der Waals surface area contributed by atoms with E-state index in [0.29, 0.717) is 12.4 Å². The van der Waals surface area contributed by atoms with Crippen LogP contribution in [0.1, 0.15) is 17.0 Å². The van der Waals surface area contributed by atoms with Crippen LogP contribution in [-0.2, 0) is 24.9 Å². The Hall–Kier alpha value is -2.31. The zero-order valence-corrected chi connectivity index (χ0v) is 12.3. The summed E-state index contributed by atoms with van der Waals surface area (Å²) in [5, 5.41) is 8.27. The molecule has 1 amide bonds. The zero-order chi connectivity index (χ0) is 14.9. The van der Waals surface area contributed by atoms with Gasteiger partial charge in [0.1, 0.15) is 12.4 Å². The molecule has 7 nitrogen and oxygen atoms in total. The van der Waals surface area contributed by atoms with Crippen molar-refractivity contribution in [3.63, 3.8) is 0 Å². The Morgan fingerprint density at radius 2 is 2.15 bits per heavy atom. The third-order valence-electron chi connectivity index (χ3n) is 3.46. The summed E-state index contributed by atoms with van der Waals surface area (Å²) in [7, 11) is 3.66. The summed E-state index contributed by atoms with van der Waals surface area (Å²) in [5.74, 6) is 0.417. The zero-order valence-electron chi connectivity index (χ0n) is 12.3. The van der Waals surface area contributed by atoms with Crippen molar-refractivity contribution >= 4 is 11.7 Å². The Labute approximate surface area is 118 Å². The number of nitrogens with zero attached hydrogens (tertiary/aromatic N) is 5. The van der Waals surface area contributed by atoms with Crippen LogP contribution < -0.4 is 5.73 Å². The van der Waals surface area contributed by atoms with Crippen molar-refractivity contribution in [3.05, 3.63) is 29.2 Å². The lowest BCUT2D eigenvalue weighted by molar-refractivity contribution is -0.131. The van der Waals surface area contributed by atoms with Gasteiger partial charge in [-0.15, -0.1) is 0 Å². The minimum Gasteiger partial charge on any atom is -0.382 e. The smallest absolute Gasteiger partial charge is 0.244 e. The van der Waals surface area contributed by atoms with Crippen LogP contribution in [0.2, 0.25) is 0 Å². The number of nitrogens with two attached hydrogens (primary N) is 1. The van der Waals surface area contributed by atoms with Gasteiger partial charge in [-0.3, -0.25) is 14.2 Å². The van der Waals surface area contributed by atoms with Gasteiger partial charge in [-0.1, -0.05) is 0 Å². The number of hydrogen-bond acceptors (Lipinski definition) is 4. The van der Waals surface area contributed by atoms with E-state index in [9.17, 15) is 4.79 Å². The summed E-state index contributed by atoms with van der Waals surface area (Å²) < 4.78 is 3.41. The number of carbonyl (C=O) groups is 1. The third kappa shape index (κ3) is 2.81. The van der Waals surface area contributed by atoms with E-state index in [1.807, 2.05) is 20.9 Å². The molecular weight excluding hydrogens is 256 g/mol. The summed E-state index contributed by atoms with van der Waals surface area (Å²) in [5.41, 5.74) is 8.59. The second-order valence-electron chi connectivity index (χ2n) is 5.00. The van der Waals surface area contributed by atoms with Gasteiger partial charge >= 0.3 is 0 Å². The van der Waals surface area contributed by atoms with Gasteiger partial charge in [0.2, 0.25) is 5.91 Å². The van der Waals surface area contributed by atoms with Gasteiger partial charge in [-0.25, -0.2) is 0 Å². The number of aromatic nitrogens is 4. The summed E-state index contributed by atoms with van der Waals surface area (Å²) in [4.78, 5) is 13.9. The molecule has 0 aromatic carbocycles. The molecule has 0 bridgehead atoms. The largest absolute Gasteiger partial charge is 0.382 e. The lowest BCUT2D eigenvalue weighted by Gasteiger charge is -2.17. The number of rotatable bonds is 4. The van der Waals surface area contributed by atoms with Crippen LogP contribution in [0.15, 0.2) is 12.3 Å². The quantitative estimate of drug-likeness (QED) is 0.880. The highest BCUT2D eigenvalue weighted by atomic mass is 16.2. The molecule has 2 rings (SSSR count). The molecule has 2 aromatic heterocycles. The van der Waals surface area contributed by atoms with Crippen LogP contribution in [0.25, 0.3) is 0 Å². The van der Waals surface area contributed by atoms with E-state index in [0.717, 1.165) is 17.0 Å². The molecule has 0 aliphatic heterocycles. The van der Waals surface area contributed by atoms with Crippen molar-refractivity contribution in [2.45, 2.75) is 26.9 Å². The van der Waals surface area contributed by atoms with Gasteiger partial charge in [0, 0.05) is 43.7 Å². The average molecular weight is 276 g/mol. The second-order valence-corrected chi connectivity index (χ2v) is 5.00. The van der Waals surface area contributed by atoms with Crippen LogP contribution in [0.4, 0.5) is 5.82 Å². The number of nitrogen functional groups attached to an aromatic ring is 1. The molecule has 20 heavy (non-hydrogen) atoms. The average Bonchev–Trinajstić information content (AvgIpc) is 2.85. The minimum atomic E-state index is -0.0144. The number of hydrogen-bond donors (Lipinski definition) is 1. The van der Waals surface area contributed by atoms with Crippen LogP contribution in [-0.4, -0.2) is 37.4 Å². The van der Waals surface area contributed by atoms with Gasteiger partial charge in [0.25, 0.3) is 0 Å². The number of amides is 1. The molecule has 0 aliphatic rings. The van der Waals surface area contributed by atoms with Crippen molar-refractivity contribution in [2.24, 2.45) is 7.05 Å². The van der Waals surface area contributed by atoms with Crippen molar-refractivity contribution in [3.8, 4) is 0 Å². The summed E-state index contributed by atoms with van der Waals surface area (Å²) in [6, 6.07) is 1.75. The Bertz CT molecular complexity index is 627. The third-order valence-corrected chi connectivity index (χ3v) is 3.46. The minimum absolute atomic E-state index is 0.0144. The van der Waals surface area contributed by atoms with E-state index in [4.69, 9.17) is 5.73 Å². The lowest BCUT2D eigenvalue weighted by Crippen LogP contribution is -2.30. The molecule has 0 fully saturated rings. The summed E-state index contributed by atoms with van der Waals surface area (Å²) in [6.45, 7) is 4.59. The molecule has 0 unspecified atom stereocenters. The number of anilines is 1. The number of aryl methyl sites for hydroxylation is 2. The van der Waals surface area contributed by atoms with Gasteiger partial charge in [0.05, 0.1) is 6.20 Å². The molecule has 0 saturated heterocycles. The summed E-state index contributed by atoms with van der Waals surface area (Å²) >= 11 is 0. The fraction of sp³-hybridized carbons (Fsp3) is 0.462. The highest BCUT2D eigenvalue weighted by molar-refractivity contribution is 5.75. The predicted molar refractivity (Wildman–Crippen MR) is 75.8 cm³/mol. The van der Waals surface area contributed by atoms with Crippen molar-refractivity contribution < 1.29 is 4.79 Å². The molecular formula is C13H20N6O. The van der Waals surface area contributed by atoms with E-state index in [1.54, 1.807) is 33.6 Å². The van der Waals surface area contributed by atoms with Gasteiger partial charge < -0.3 is 10.6 Å². The van der Waals surface area contributed by atoms with Crippen LogP contribution in [0.5, 0.6) is 0 Å². The predicted octanol–water partition coefficient (Wildman–Crippen LogP) is 0.474. The van der Waals surface area contributed by atoms with Gasteiger partial charge in [0.15, 0.2) is 0 Å². The second kappa shape index (κ2) is 5.36.